The van der Waals surface area contributed by atoms with Crippen LogP contribution in [0.4, 0.5) is 0 Å². The Morgan fingerprint density at radius 2 is 1.96 bits per heavy atom. The van der Waals surface area contributed by atoms with E-state index >= 15 is 0 Å². The highest BCUT2D eigenvalue weighted by atomic mass is 32.2. The third-order valence-electron chi connectivity index (χ3n) is 5.36. The fraction of sp³-hybridized carbons (Fsp3) is 0.409. The number of hydrogen-bond donors (Lipinski definition) is 1. The molecule has 2 aromatic rings. The Bertz CT molecular complexity index is 850. The van der Waals surface area contributed by atoms with E-state index in [1.165, 1.54) is 18.2 Å². The SMILES string of the molecule is COC(=O)c1ccc2c(c1SCCN1CCNCC1)Cc1ccccc1CO2. The van der Waals surface area contributed by atoms with Crippen LogP contribution in [0.15, 0.2) is 41.3 Å². The summed E-state index contributed by atoms with van der Waals surface area (Å²) < 4.78 is 11.1. The van der Waals surface area contributed by atoms with E-state index in [0.717, 1.165) is 61.1 Å². The molecular weight excluding hydrogens is 372 g/mol. The highest BCUT2D eigenvalue weighted by Gasteiger charge is 2.23. The summed E-state index contributed by atoms with van der Waals surface area (Å²) in [6, 6.07) is 12.1. The van der Waals surface area contributed by atoms with Crippen molar-refractivity contribution in [2.75, 3.05) is 45.6 Å². The van der Waals surface area contributed by atoms with Crippen molar-refractivity contribution < 1.29 is 14.3 Å². The summed E-state index contributed by atoms with van der Waals surface area (Å²) in [5.74, 6) is 1.51. The van der Waals surface area contributed by atoms with Crippen LogP contribution < -0.4 is 10.1 Å². The predicted molar refractivity (Wildman–Crippen MR) is 111 cm³/mol. The average Bonchev–Trinajstić information content (AvgIpc) is 2.93. The van der Waals surface area contributed by atoms with Gasteiger partial charge in [-0.05, 0) is 23.3 Å². The van der Waals surface area contributed by atoms with Gasteiger partial charge in [0.25, 0.3) is 0 Å². The van der Waals surface area contributed by atoms with Crippen LogP contribution in [-0.4, -0.2) is 56.5 Å². The summed E-state index contributed by atoms with van der Waals surface area (Å²) in [4.78, 5) is 15.9. The first kappa shape index (κ1) is 19.3. The lowest BCUT2D eigenvalue weighted by Gasteiger charge is -2.27. The minimum absolute atomic E-state index is 0.287. The monoisotopic (exact) mass is 398 g/mol. The molecule has 0 radical (unpaired) electrons. The van der Waals surface area contributed by atoms with Crippen LogP contribution in [0.1, 0.15) is 27.0 Å². The Hall–Kier alpha value is -2.02. The van der Waals surface area contributed by atoms with Crippen LogP contribution in [0, 0.1) is 0 Å². The maximum atomic E-state index is 12.4. The molecule has 28 heavy (non-hydrogen) atoms. The Labute approximate surface area is 170 Å². The molecule has 0 unspecified atom stereocenters. The Morgan fingerprint density at radius 3 is 2.75 bits per heavy atom. The Kier molecular flexibility index (Phi) is 6.20. The standard InChI is InChI=1S/C22H26N2O3S/c1-26-22(25)18-6-7-20-19(14-16-4-2-3-5-17(16)15-27-20)21(18)28-13-12-24-10-8-23-9-11-24/h2-7,23H,8-15H2,1H3. The van der Waals surface area contributed by atoms with Gasteiger partial charge in [-0.15, -0.1) is 11.8 Å². The van der Waals surface area contributed by atoms with Crippen LogP contribution in [0.2, 0.25) is 0 Å². The third kappa shape index (κ3) is 4.19. The molecule has 0 aromatic heterocycles. The van der Waals surface area contributed by atoms with Crippen molar-refractivity contribution >= 4 is 17.7 Å². The van der Waals surface area contributed by atoms with E-state index in [4.69, 9.17) is 9.47 Å². The van der Waals surface area contributed by atoms with Crippen LogP contribution >= 0.6 is 11.8 Å². The number of methoxy groups -OCH3 is 1. The van der Waals surface area contributed by atoms with Crippen molar-refractivity contribution in [1.82, 2.24) is 10.2 Å². The zero-order valence-electron chi connectivity index (χ0n) is 16.2. The molecule has 0 bridgehead atoms. The van der Waals surface area contributed by atoms with E-state index in [2.05, 4.69) is 28.4 Å². The molecule has 5 nitrogen and oxygen atoms in total. The van der Waals surface area contributed by atoms with Crippen molar-refractivity contribution in [3.63, 3.8) is 0 Å². The first-order chi connectivity index (χ1) is 13.8. The van der Waals surface area contributed by atoms with Gasteiger partial charge in [-0.25, -0.2) is 4.79 Å². The summed E-state index contributed by atoms with van der Waals surface area (Å²) in [5, 5.41) is 3.39. The molecule has 1 saturated heterocycles. The molecule has 2 aliphatic rings. The number of nitrogens with zero attached hydrogens (tertiary/aromatic N) is 1. The van der Waals surface area contributed by atoms with Crippen molar-refractivity contribution in [2.24, 2.45) is 0 Å². The van der Waals surface area contributed by atoms with Gasteiger partial charge in [-0.3, -0.25) is 4.90 Å². The van der Waals surface area contributed by atoms with Crippen molar-refractivity contribution in [1.29, 1.82) is 0 Å². The van der Waals surface area contributed by atoms with Gasteiger partial charge in [0.15, 0.2) is 0 Å². The largest absolute Gasteiger partial charge is 0.489 e. The van der Waals surface area contributed by atoms with Crippen molar-refractivity contribution in [3.8, 4) is 5.75 Å². The molecule has 148 valence electrons. The molecule has 0 spiro atoms. The minimum atomic E-state index is -0.287. The summed E-state index contributed by atoms with van der Waals surface area (Å²) in [7, 11) is 1.44. The summed E-state index contributed by atoms with van der Waals surface area (Å²) in [5.41, 5.74) is 4.19. The van der Waals surface area contributed by atoms with Gasteiger partial charge in [-0.2, -0.15) is 0 Å². The molecular formula is C22H26N2O3S. The van der Waals surface area contributed by atoms with Gasteiger partial charge >= 0.3 is 5.97 Å². The Morgan fingerprint density at radius 1 is 1.18 bits per heavy atom. The van der Waals surface area contributed by atoms with Crippen LogP contribution in [0.3, 0.4) is 0 Å². The molecule has 6 heteroatoms. The third-order valence-corrected chi connectivity index (χ3v) is 6.50. The smallest absolute Gasteiger partial charge is 0.339 e. The molecule has 0 aliphatic carbocycles. The van der Waals surface area contributed by atoms with Gasteiger partial charge < -0.3 is 14.8 Å². The maximum absolute atomic E-state index is 12.4. The highest BCUT2D eigenvalue weighted by Crippen LogP contribution is 2.38. The lowest BCUT2D eigenvalue weighted by molar-refractivity contribution is 0.0596. The van der Waals surface area contributed by atoms with Gasteiger partial charge in [0.05, 0.1) is 12.7 Å². The lowest BCUT2D eigenvalue weighted by atomic mass is 9.99. The van der Waals surface area contributed by atoms with Crippen molar-refractivity contribution in [2.45, 2.75) is 17.9 Å². The van der Waals surface area contributed by atoms with E-state index in [1.54, 1.807) is 11.8 Å². The number of thioether (sulfide) groups is 1. The molecule has 4 rings (SSSR count). The second-order valence-electron chi connectivity index (χ2n) is 7.08. The molecule has 1 N–H and O–H groups in total. The van der Waals surface area contributed by atoms with Gasteiger partial charge in [0.2, 0.25) is 0 Å². The van der Waals surface area contributed by atoms with Crippen LogP contribution in [0.5, 0.6) is 5.75 Å². The molecule has 2 heterocycles. The second-order valence-corrected chi connectivity index (χ2v) is 8.19. The molecule has 0 atom stereocenters. The number of ether oxygens (including phenoxy) is 2. The second kappa shape index (κ2) is 8.99. The molecule has 1 fully saturated rings. The van der Waals surface area contributed by atoms with Crippen molar-refractivity contribution in [3.05, 3.63) is 58.7 Å². The zero-order valence-corrected chi connectivity index (χ0v) is 17.0. The van der Waals surface area contributed by atoms with E-state index in [9.17, 15) is 4.79 Å². The van der Waals surface area contributed by atoms with Gasteiger partial charge in [-0.1, -0.05) is 24.3 Å². The van der Waals surface area contributed by atoms with E-state index in [0.29, 0.717) is 12.2 Å². The summed E-state index contributed by atoms with van der Waals surface area (Å²) >= 11 is 1.74. The topological polar surface area (TPSA) is 50.8 Å². The Balaban J connectivity index is 1.62. The first-order valence-corrected chi connectivity index (χ1v) is 10.7. The number of benzene rings is 2. The van der Waals surface area contributed by atoms with Gasteiger partial charge in [0, 0.05) is 55.4 Å². The number of carbonyl (C=O) groups is 1. The zero-order chi connectivity index (χ0) is 19.3. The predicted octanol–water partition coefficient (Wildman–Crippen LogP) is 2.95. The van der Waals surface area contributed by atoms with E-state index in [-0.39, 0.29) is 5.97 Å². The number of piperazine rings is 1. The maximum Gasteiger partial charge on any atom is 0.339 e. The van der Waals surface area contributed by atoms with Crippen LogP contribution in [-0.2, 0) is 17.8 Å². The number of esters is 1. The fourth-order valence-electron chi connectivity index (χ4n) is 3.78. The quantitative estimate of drug-likeness (QED) is 0.617. The number of nitrogens with one attached hydrogen (secondary N) is 1. The van der Waals surface area contributed by atoms with E-state index < -0.39 is 0 Å². The highest BCUT2D eigenvalue weighted by molar-refractivity contribution is 7.99. The molecule has 2 aliphatic heterocycles. The summed E-state index contributed by atoms with van der Waals surface area (Å²) in [6.07, 6.45) is 0.770. The number of hydrogen-bond acceptors (Lipinski definition) is 6. The van der Waals surface area contributed by atoms with E-state index in [1.807, 2.05) is 18.2 Å². The van der Waals surface area contributed by atoms with Crippen LogP contribution in [0.25, 0.3) is 0 Å². The fourth-order valence-corrected chi connectivity index (χ4v) is 4.98. The van der Waals surface area contributed by atoms with Gasteiger partial charge in [0.1, 0.15) is 12.4 Å². The molecule has 0 amide bonds. The molecule has 0 saturated carbocycles. The lowest BCUT2D eigenvalue weighted by Crippen LogP contribution is -2.44. The average molecular weight is 399 g/mol. The number of fused-ring (bicyclic) bond motifs is 2. The normalized spacial score (nSPS) is 16.5. The summed E-state index contributed by atoms with van der Waals surface area (Å²) in [6.45, 7) is 5.81. The number of carbonyl (C=O) groups excluding carboxylic acids is 1. The first-order valence-electron chi connectivity index (χ1n) is 9.76. The molecule has 2 aromatic carbocycles. The number of rotatable bonds is 5. The minimum Gasteiger partial charge on any atom is -0.489 e.